The van der Waals surface area contributed by atoms with E-state index in [4.69, 9.17) is 9.47 Å². The van der Waals surface area contributed by atoms with Crippen LogP contribution in [0.1, 0.15) is 16.2 Å². The summed E-state index contributed by atoms with van der Waals surface area (Å²) in [5.74, 6) is 0.971. The lowest BCUT2D eigenvalue weighted by molar-refractivity contribution is 0.102. The van der Waals surface area contributed by atoms with E-state index in [9.17, 15) is 9.59 Å². The first-order valence-corrected chi connectivity index (χ1v) is 9.50. The van der Waals surface area contributed by atoms with Gasteiger partial charge < -0.3 is 14.8 Å². The van der Waals surface area contributed by atoms with E-state index in [0.29, 0.717) is 45.3 Å². The number of benzene rings is 2. The maximum Gasteiger partial charge on any atom is 0.267 e. The minimum Gasteiger partial charge on any atom is -0.496 e. The molecule has 8 heteroatoms. The van der Waals surface area contributed by atoms with Gasteiger partial charge in [0.25, 0.3) is 11.5 Å². The van der Waals surface area contributed by atoms with Crippen LogP contribution in [0.5, 0.6) is 11.5 Å². The SMILES string of the molecule is COc1cccc(OC)c1C(=O)Nc1ccc(-n2c(C)nc3ncccc3c2=O)cc1. The van der Waals surface area contributed by atoms with Crippen LogP contribution in [0.4, 0.5) is 5.69 Å². The van der Waals surface area contributed by atoms with Gasteiger partial charge in [0.15, 0.2) is 5.65 Å². The Morgan fingerprint density at radius 3 is 2.29 bits per heavy atom. The van der Waals surface area contributed by atoms with Gasteiger partial charge >= 0.3 is 0 Å². The summed E-state index contributed by atoms with van der Waals surface area (Å²) in [6.07, 6.45) is 1.60. The summed E-state index contributed by atoms with van der Waals surface area (Å²) in [5.41, 5.74) is 1.70. The summed E-state index contributed by atoms with van der Waals surface area (Å²) >= 11 is 0. The summed E-state index contributed by atoms with van der Waals surface area (Å²) in [5, 5.41) is 3.27. The number of hydrogen-bond acceptors (Lipinski definition) is 6. The van der Waals surface area contributed by atoms with E-state index >= 15 is 0 Å². The summed E-state index contributed by atoms with van der Waals surface area (Å²) in [6.45, 7) is 1.75. The molecule has 0 saturated carbocycles. The summed E-state index contributed by atoms with van der Waals surface area (Å²) in [4.78, 5) is 34.3. The highest BCUT2D eigenvalue weighted by atomic mass is 16.5. The quantitative estimate of drug-likeness (QED) is 0.536. The molecule has 8 nitrogen and oxygen atoms in total. The Labute approximate surface area is 178 Å². The van der Waals surface area contributed by atoms with Crippen molar-refractivity contribution in [2.45, 2.75) is 6.92 Å². The third kappa shape index (κ3) is 3.71. The monoisotopic (exact) mass is 416 g/mol. The molecule has 0 saturated heterocycles. The molecule has 2 aromatic carbocycles. The Bertz CT molecular complexity index is 1310. The third-order valence-electron chi connectivity index (χ3n) is 4.85. The number of anilines is 1. The van der Waals surface area contributed by atoms with Gasteiger partial charge in [0, 0.05) is 11.9 Å². The smallest absolute Gasteiger partial charge is 0.267 e. The second-order valence-electron chi connectivity index (χ2n) is 6.71. The number of pyridine rings is 1. The number of methoxy groups -OCH3 is 2. The zero-order valence-corrected chi connectivity index (χ0v) is 17.2. The van der Waals surface area contributed by atoms with Crippen LogP contribution in [-0.2, 0) is 0 Å². The largest absolute Gasteiger partial charge is 0.496 e. The molecular formula is C23H20N4O4. The molecule has 4 aromatic rings. The van der Waals surface area contributed by atoms with Crippen molar-refractivity contribution in [3.63, 3.8) is 0 Å². The van der Waals surface area contributed by atoms with Crippen LogP contribution in [0.25, 0.3) is 16.7 Å². The van der Waals surface area contributed by atoms with Gasteiger partial charge in [0.2, 0.25) is 0 Å². The minimum atomic E-state index is -0.367. The molecule has 0 fully saturated rings. The zero-order valence-electron chi connectivity index (χ0n) is 17.2. The number of rotatable bonds is 5. The average molecular weight is 416 g/mol. The number of fused-ring (bicyclic) bond motifs is 1. The number of ether oxygens (including phenoxy) is 2. The minimum absolute atomic E-state index is 0.203. The Kier molecular flexibility index (Phi) is 5.36. The van der Waals surface area contributed by atoms with E-state index in [0.717, 1.165) is 0 Å². The average Bonchev–Trinajstić information content (AvgIpc) is 2.79. The van der Waals surface area contributed by atoms with Gasteiger partial charge in [-0.15, -0.1) is 0 Å². The Morgan fingerprint density at radius 2 is 1.65 bits per heavy atom. The van der Waals surface area contributed by atoms with Crippen LogP contribution in [0, 0.1) is 6.92 Å². The Balaban J connectivity index is 1.66. The predicted molar refractivity (Wildman–Crippen MR) is 117 cm³/mol. The molecule has 0 atom stereocenters. The second-order valence-corrected chi connectivity index (χ2v) is 6.71. The molecular weight excluding hydrogens is 396 g/mol. The molecule has 1 amide bonds. The lowest BCUT2D eigenvalue weighted by atomic mass is 10.1. The fourth-order valence-corrected chi connectivity index (χ4v) is 3.39. The maximum absolute atomic E-state index is 12.9. The predicted octanol–water partition coefficient (Wildman–Crippen LogP) is 3.36. The molecule has 2 aromatic heterocycles. The van der Waals surface area contributed by atoms with Gasteiger partial charge in [-0.3, -0.25) is 14.2 Å². The highest BCUT2D eigenvalue weighted by molar-refractivity contribution is 6.08. The summed E-state index contributed by atoms with van der Waals surface area (Å²) in [6, 6.07) is 15.5. The van der Waals surface area contributed by atoms with Crippen molar-refractivity contribution in [3.05, 3.63) is 82.5 Å². The number of hydrogen-bond donors (Lipinski definition) is 1. The van der Waals surface area contributed by atoms with Crippen molar-refractivity contribution in [1.82, 2.24) is 14.5 Å². The topological polar surface area (TPSA) is 95.3 Å². The molecule has 0 spiro atoms. The van der Waals surface area contributed by atoms with Gasteiger partial charge in [-0.1, -0.05) is 6.07 Å². The van der Waals surface area contributed by atoms with Gasteiger partial charge in [0.05, 0.1) is 25.3 Å². The number of amides is 1. The van der Waals surface area contributed by atoms with Crippen molar-refractivity contribution in [2.24, 2.45) is 0 Å². The molecule has 0 aliphatic carbocycles. The Morgan fingerprint density at radius 1 is 0.968 bits per heavy atom. The van der Waals surface area contributed by atoms with Crippen molar-refractivity contribution in [3.8, 4) is 17.2 Å². The molecule has 1 N–H and O–H groups in total. The van der Waals surface area contributed by atoms with E-state index in [1.165, 1.54) is 18.8 Å². The first kappa shape index (κ1) is 20.1. The standard InChI is InChI=1S/C23H20N4O4/c1-14-25-21-17(6-5-13-24-21)23(29)27(14)16-11-9-15(10-12-16)26-22(28)20-18(30-2)7-4-8-19(20)31-3/h4-13H,1-3H3,(H,26,28). The molecule has 0 bridgehead atoms. The second kappa shape index (κ2) is 8.27. The van der Waals surface area contributed by atoms with Crippen molar-refractivity contribution >= 4 is 22.6 Å². The molecule has 31 heavy (non-hydrogen) atoms. The first-order chi connectivity index (χ1) is 15.0. The molecule has 0 unspecified atom stereocenters. The molecule has 0 aliphatic rings. The normalized spacial score (nSPS) is 10.7. The van der Waals surface area contributed by atoms with Gasteiger partial charge in [-0.2, -0.15) is 0 Å². The number of aryl methyl sites for hydroxylation is 1. The highest BCUT2D eigenvalue weighted by Gasteiger charge is 2.18. The maximum atomic E-state index is 12.9. The van der Waals surface area contributed by atoms with Gasteiger partial charge in [-0.05, 0) is 55.5 Å². The number of carbonyl (C=O) groups is 1. The van der Waals surface area contributed by atoms with E-state index in [1.54, 1.807) is 67.7 Å². The summed E-state index contributed by atoms with van der Waals surface area (Å²) in [7, 11) is 2.99. The number of nitrogens with zero attached hydrogens (tertiary/aromatic N) is 3. The van der Waals surface area contributed by atoms with Crippen molar-refractivity contribution < 1.29 is 14.3 Å². The molecule has 2 heterocycles. The number of aromatic nitrogens is 3. The number of carbonyl (C=O) groups excluding carboxylic acids is 1. The first-order valence-electron chi connectivity index (χ1n) is 9.50. The van der Waals surface area contributed by atoms with E-state index in [1.807, 2.05) is 0 Å². The molecule has 0 radical (unpaired) electrons. The van der Waals surface area contributed by atoms with Crippen LogP contribution in [0.15, 0.2) is 65.6 Å². The van der Waals surface area contributed by atoms with Crippen LogP contribution in [-0.4, -0.2) is 34.7 Å². The van der Waals surface area contributed by atoms with Gasteiger partial charge in [-0.25, -0.2) is 9.97 Å². The fourth-order valence-electron chi connectivity index (χ4n) is 3.39. The van der Waals surface area contributed by atoms with Crippen LogP contribution >= 0.6 is 0 Å². The molecule has 4 rings (SSSR count). The van der Waals surface area contributed by atoms with E-state index in [-0.39, 0.29) is 11.5 Å². The van der Waals surface area contributed by atoms with E-state index < -0.39 is 0 Å². The highest BCUT2D eigenvalue weighted by Crippen LogP contribution is 2.29. The fraction of sp³-hybridized carbons (Fsp3) is 0.130. The van der Waals surface area contributed by atoms with Crippen LogP contribution in [0.3, 0.4) is 0 Å². The lowest BCUT2D eigenvalue weighted by Gasteiger charge is -2.14. The van der Waals surface area contributed by atoms with Crippen molar-refractivity contribution in [2.75, 3.05) is 19.5 Å². The number of nitrogens with one attached hydrogen (secondary N) is 1. The third-order valence-corrected chi connectivity index (χ3v) is 4.85. The van der Waals surface area contributed by atoms with Gasteiger partial charge in [0.1, 0.15) is 22.9 Å². The van der Waals surface area contributed by atoms with E-state index in [2.05, 4.69) is 15.3 Å². The van der Waals surface area contributed by atoms with Crippen LogP contribution in [0.2, 0.25) is 0 Å². The zero-order chi connectivity index (χ0) is 22.0. The molecule has 0 aliphatic heterocycles. The summed E-state index contributed by atoms with van der Waals surface area (Å²) < 4.78 is 12.1. The van der Waals surface area contributed by atoms with Crippen LogP contribution < -0.4 is 20.3 Å². The molecule has 156 valence electrons. The Hall–Kier alpha value is -4.20. The van der Waals surface area contributed by atoms with Crippen molar-refractivity contribution in [1.29, 1.82) is 0 Å². The lowest BCUT2D eigenvalue weighted by Crippen LogP contribution is -2.22.